The van der Waals surface area contributed by atoms with E-state index >= 15 is 0 Å². The number of nitrogens with zero attached hydrogens (tertiary/aromatic N) is 4. The van der Waals surface area contributed by atoms with Crippen LogP contribution in [0.2, 0.25) is 0 Å². The lowest BCUT2D eigenvalue weighted by molar-refractivity contribution is -0.255. The molecule has 0 saturated carbocycles. The molecule has 1 fully saturated rings. The topological polar surface area (TPSA) is 149 Å². The van der Waals surface area contributed by atoms with Crippen molar-refractivity contribution >= 4 is 27.5 Å². The van der Waals surface area contributed by atoms with Crippen LogP contribution in [0.4, 0.5) is 5.69 Å². The molecule has 1 saturated heterocycles. The molecule has 1 aromatic heterocycles. The lowest BCUT2D eigenvalue weighted by Crippen LogP contribution is -2.38. The third-order valence-electron chi connectivity index (χ3n) is 8.35. The lowest BCUT2D eigenvalue weighted by atomic mass is 9.84. The maximum Gasteiger partial charge on any atom is 0.261 e. The Morgan fingerprint density at radius 1 is 0.780 bits per heavy atom. The fourth-order valence-corrected chi connectivity index (χ4v) is 7.92. The van der Waals surface area contributed by atoms with Gasteiger partial charge in [-0.2, -0.15) is 4.68 Å². The van der Waals surface area contributed by atoms with E-state index in [1.54, 1.807) is 65.3 Å². The van der Waals surface area contributed by atoms with Gasteiger partial charge in [-0.25, -0.2) is 8.42 Å². The van der Waals surface area contributed by atoms with Crippen molar-refractivity contribution in [1.29, 1.82) is 0 Å². The summed E-state index contributed by atoms with van der Waals surface area (Å²) in [6, 6.07) is 39.5. The predicted molar refractivity (Wildman–Crippen MR) is 188 cm³/mol. The summed E-state index contributed by atoms with van der Waals surface area (Å²) in [5.41, 5.74) is 4.37. The minimum absolute atomic E-state index is 0.0830. The number of tetrazole rings is 1. The summed E-state index contributed by atoms with van der Waals surface area (Å²) in [6.45, 7) is -0.0830. The van der Waals surface area contributed by atoms with Crippen LogP contribution < -0.4 is 4.72 Å². The number of rotatable bonds is 11. The molecule has 4 atom stereocenters. The van der Waals surface area contributed by atoms with Gasteiger partial charge in [0.1, 0.15) is 5.75 Å². The number of benzene rings is 5. The third kappa shape index (κ3) is 7.42. The molecule has 7 rings (SSSR count). The fourth-order valence-electron chi connectivity index (χ4n) is 5.90. The van der Waals surface area contributed by atoms with Crippen LogP contribution in [0.5, 0.6) is 5.75 Å². The van der Waals surface area contributed by atoms with Crippen molar-refractivity contribution in [2.24, 2.45) is 0 Å². The molecule has 0 bridgehead atoms. The Morgan fingerprint density at radius 3 is 2.20 bits per heavy atom. The number of phenolic OH excluding ortho intramolecular Hbond substituents is 1. The summed E-state index contributed by atoms with van der Waals surface area (Å²) >= 11 is 1.43. The molecule has 254 valence electrons. The molecular formula is C37H33N5O6S2. The second kappa shape index (κ2) is 14.8. The molecule has 0 aliphatic carbocycles. The first-order chi connectivity index (χ1) is 24.4. The van der Waals surface area contributed by atoms with E-state index in [9.17, 15) is 18.6 Å². The number of aromatic nitrogens is 4. The summed E-state index contributed by atoms with van der Waals surface area (Å²) in [6.07, 6.45) is -1.78. The van der Waals surface area contributed by atoms with E-state index in [-0.39, 0.29) is 23.2 Å². The Hall–Kier alpha value is -5.05. The number of hydrogen-bond acceptors (Lipinski definition) is 10. The maximum absolute atomic E-state index is 13.2. The first-order valence-corrected chi connectivity index (χ1v) is 18.3. The van der Waals surface area contributed by atoms with Gasteiger partial charge in [-0.1, -0.05) is 96.7 Å². The van der Waals surface area contributed by atoms with Gasteiger partial charge in [-0.3, -0.25) is 4.72 Å². The Morgan fingerprint density at radius 2 is 1.48 bits per heavy atom. The highest BCUT2D eigenvalue weighted by molar-refractivity contribution is 7.99. The Kier molecular flexibility index (Phi) is 9.92. The summed E-state index contributed by atoms with van der Waals surface area (Å²) in [4.78, 5) is 0.152. The monoisotopic (exact) mass is 707 g/mol. The fraction of sp³-hybridized carbons (Fsp3) is 0.162. The van der Waals surface area contributed by atoms with E-state index in [0.717, 1.165) is 16.7 Å². The van der Waals surface area contributed by atoms with Gasteiger partial charge >= 0.3 is 0 Å². The van der Waals surface area contributed by atoms with E-state index in [2.05, 4.69) is 20.2 Å². The van der Waals surface area contributed by atoms with Crippen molar-refractivity contribution in [1.82, 2.24) is 20.2 Å². The van der Waals surface area contributed by atoms with E-state index < -0.39 is 28.5 Å². The summed E-state index contributed by atoms with van der Waals surface area (Å²) in [7, 11) is -3.83. The average molecular weight is 708 g/mol. The largest absolute Gasteiger partial charge is 0.508 e. The van der Waals surface area contributed by atoms with Crippen molar-refractivity contribution in [3.05, 3.63) is 156 Å². The van der Waals surface area contributed by atoms with Crippen molar-refractivity contribution in [3.63, 3.8) is 0 Å². The van der Waals surface area contributed by atoms with Crippen LogP contribution in [-0.2, 0) is 26.1 Å². The predicted octanol–water partition coefficient (Wildman–Crippen LogP) is 6.39. The van der Waals surface area contributed by atoms with Gasteiger partial charge < -0.3 is 19.7 Å². The quantitative estimate of drug-likeness (QED) is 0.129. The maximum atomic E-state index is 13.2. The number of ether oxygens (including phenoxy) is 2. The summed E-state index contributed by atoms with van der Waals surface area (Å²) in [5.74, 6) is 0.305. The van der Waals surface area contributed by atoms with E-state index in [1.807, 2.05) is 60.7 Å². The molecular weight excluding hydrogens is 675 g/mol. The van der Waals surface area contributed by atoms with Gasteiger partial charge in [-0.15, -0.1) is 5.10 Å². The molecule has 50 heavy (non-hydrogen) atoms. The number of hydrogen-bond donors (Lipinski definition) is 3. The van der Waals surface area contributed by atoms with Gasteiger partial charge in [0.2, 0.25) is 5.16 Å². The van der Waals surface area contributed by atoms with Crippen LogP contribution in [0.25, 0.3) is 5.69 Å². The first kappa shape index (κ1) is 33.4. The first-order valence-electron chi connectivity index (χ1n) is 15.8. The summed E-state index contributed by atoms with van der Waals surface area (Å²) < 4.78 is 44.2. The van der Waals surface area contributed by atoms with Gasteiger partial charge in [-0.05, 0) is 75.6 Å². The smallest absolute Gasteiger partial charge is 0.261 e. The van der Waals surface area contributed by atoms with Gasteiger partial charge in [0, 0.05) is 22.9 Å². The minimum atomic E-state index is -3.83. The van der Waals surface area contributed by atoms with Crippen molar-refractivity contribution in [2.45, 2.75) is 41.1 Å². The van der Waals surface area contributed by atoms with E-state index in [0.29, 0.717) is 27.8 Å². The molecule has 3 N–H and O–H groups in total. The van der Waals surface area contributed by atoms with E-state index in [1.165, 1.54) is 23.9 Å². The standard InChI is InChI=1S/C37H33N5O6S2/c43-23-25-14-16-27(17-15-25)35-34(26-8-3-1-4-9-26)33(24-49-37-38-40-41-42(37)30-18-20-31(44)21-19-30)47-36(48-35)28-10-7-11-29(22-28)39-50(45,46)32-12-5-2-6-13-32/h1-22,33-36,39,43-44H,23-24H2. The molecule has 4 unspecified atom stereocenters. The Bertz CT molecular complexity index is 2130. The van der Waals surface area contributed by atoms with Crippen LogP contribution in [0.15, 0.2) is 144 Å². The SMILES string of the molecule is O=S(=O)(Nc1cccc(C2OC(CSc3nnnn3-c3ccc(O)cc3)C(c3ccccc3)C(c3ccc(CO)cc3)O2)c1)c1ccccc1. The zero-order valence-electron chi connectivity index (χ0n) is 26.6. The second-order valence-electron chi connectivity index (χ2n) is 11.6. The minimum Gasteiger partial charge on any atom is -0.508 e. The van der Waals surface area contributed by atoms with Crippen LogP contribution >= 0.6 is 11.8 Å². The average Bonchev–Trinajstić information content (AvgIpc) is 3.63. The van der Waals surface area contributed by atoms with E-state index in [4.69, 9.17) is 9.47 Å². The molecule has 2 heterocycles. The lowest BCUT2D eigenvalue weighted by Gasteiger charge is -2.43. The number of phenols is 1. The third-order valence-corrected chi connectivity index (χ3v) is 10.8. The second-order valence-corrected chi connectivity index (χ2v) is 14.3. The highest BCUT2D eigenvalue weighted by Crippen LogP contribution is 2.48. The number of aliphatic hydroxyl groups excluding tert-OH is 1. The van der Waals surface area contributed by atoms with Gasteiger partial charge in [0.15, 0.2) is 6.29 Å². The van der Waals surface area contributed by atoms with Crippen molar-refractivity contribution < 1.29 is 28.1 Å². The molecule has 1 aliphatic rings. The normalized spacial score (nSPS) is 19.2. The number of thioether (sulfide) groups is 1. The molecule has 5 aromatic carbocycles. The van der Waals surface area contributed by atoms with Crippen molar-refractivity contribution in [2.75, 3.05) is 10.5 Å². The molecule has 1 aliphatic heterocycles. The van der Waals surface area contributed by atoms with Crippen molar-refractivity contribution in [3.8, 4) is 11.4 Å². The molecule has 6 aromatic rings. The number of nitrogens with one attached hydrogen (secondary N) is 1. The van der Waals surface area contributed by atoms with Crippen LogP contribution in [0, 0.1) is 0 Å². The molecule has 11 nitrogen and oxygen atoms in total. The van der Waals surface area contributed by atoms with Crippen LogP contribution in [0.1, 0.15) is 40.6 Å². The Labute approximate surface area is 293 Å². The molecule has 0 radical (unpaired) electrons. The molecule has 0 amide bonds. The van der Waals surface area contributed by atoms with Gasteiger partial charge in [0.25, 0.3) is 10.0 Å². The van der Waals surface area contributed by atoms with Gasteiger partial charge in [0.05, 0.1) is 29.4 Å². The number of sulfonamides is 1. The number of aromatic hydroxyl groups is 1. The van der Waals surface area contributed by atoms with Crippen LogP contribution in [-0.4, -0.2) is 50.7 Å². The molecule has 0 spiro atoms. The summed E-state index contributed by atoms with van der Waals surface area (Å²) in [5, 5.41) is 32.4. The number of anilines is 1. The zero-order valence-corrected chi connectivity index (χ0v) is 28.2. The molecule has 13 heteroatoms. The highest BCUT2D eigenvalue weighted by atomic mass is 32.2. The Balaban J connectivity index is 1.24. The number of aliphatic hydroxyl groups is 1. The zero-order chi connectivity index (χ0) is 34.5. The van der Waals surface area contributed by atoms with Crippen LogP contribution in [0.3, 0.4) is 0 Å². The highest BCUT2D eigenvalue weighted by Gasteiger charge is 2.42.